The van der Waals surface area contributed by atoms with Gasteiger partial charge in [0.15, 0.2) is 0 Å². The van der Waals surface area contributed by atoms with Crippen LogP contribution in [0.1, 0.15) is 25.5 Å². The Morgan fingerprint density at radius 1 is 1.48 bits per heavy atom. The van der Waals surface area contributed by atoms with Gasteiger partial charge in [0, 0.05) is 19.3 Å². The highest BCUT2D eigenvalue weighted by Crippen LogP contribution is 2.23. The second-order valence-electron chi connectivity index (χ2n) is 5.21. The van der Waals surface area contributed by atoms with Crippen molar-refractivity contribution in [1.82, 2.24) is 9.88 Å². The van der Waals surface area contributed by atoms with E-state index in [4.69, 9.17) is 4.74 Å². The van der Waals surface area contributed by atoms with Gasteiger partial charge in [-0.25, -0.2) is 4.79 Å². The van der Waals surface area contributed by atoms with E-state index in [1.807, 2.05) is 7.05 Å². The molecule has 112 valence electrons. The Labute approximate surface area is 124 Å². The molecule has 2 rings (SSSR count). The number of hydrogen-bond donors (Lipinski definition) is 1. The van der Waals surface area contributed by atoms with Crippen LogP contribution in [-0.2, 0) is 15.1 Å². The number of esters is 1. The van der Waals surface area contributed by atoms with Gasteiger partial charge < -0.3 is 14.7 Å². The summed E-state index contributed by atoms with van der Waals surface area (Å²) in [5, 5.41) is 10.6. The zero-order chi connectivity index (χ0) is 15.3. The number of likely N-dealkylation sites (tertiary alicyclic amines) is 1. The Bertz CT molecular complexity index is 542. The minimum Gasteiger partial charge on any atom is -0.459 e. The molecule has 0 aliphatic carbocycles. The highest BCUT2D eigenvalue weighted by molar-refractivity contribution is 5.84. The van der Waals surface area contributed by atoms with Gasteiger partial charge in [-0.3, -0.25) is 4.98 Å². The van der Waals surface area contributed by atoms with Gasteiger partial charge in [0.05, 0.1) is 5.69 Å². The highest BCUT2D eigenvalue weighted by Gasteiger charge is 2.41. The number of aromatic nitrogens is 1. The molecule has 0 unspecified atom stereocenters. The lowest BCUT2D eigenvalue weighted by Gasteiger charge is -2.30. The molecule has 1 atom stereocenters. The molecule has 0 aromatic carbocycles. The predicted molar refractivity (Wildman–Crippen MR) is 78.2 cm³/mol. The SMILES string of the molecule is CC#C[C@](O)(C(=O)OC1CCN(C)CC1)c1ccccn1. The minimum atomic E-state index is -2.00. The maximum Gasteiger partial charge on any atom is 0.357 e. The van der Waals surface area contributed by atoms with Crippen molar-refractivity contribution in [3.8, 4) is 11.8 Å². The zero-order valence-electron chi connectivity index (χ0n) is 12.4. The molecule has 0 spiro atoms. The first kappa shape index (κ1) is 15.5. The van der Waals surface area contributed by atoms with E-state index < -0.39 is 11.6 Å². The van der Waals surface area contributed by atoms with Gasteiger partial charge in [-0.1, -0.05) is 6.07 Å². The number of nitrogens with zero attached hydrogens (tertiary/aromatic N) is 2. The van der Waals surface area contributed by atoms with E-state index in [2.05, 4.69) is 21.7 Å². The first-order valence-electron chi connectivity index (χ1n) is 7.03. The molecule has 1 N–H and O–H groups in total. The van der Waals surface area contributed by atoms with Crippen molar-refractivity contribution in [3.63, 3.8) is 0 Å². The second kappa shape index (κ2) is 6.70. The van der Waals surface area contributed by atoms with Gasteiger partial charge in [-0.05, 0) is 44.9 Å². The van der Waals surface area contributed by atoms with Crippen LogP contribution in [0.15, 0.2) is 24.4 Å². The van der Waals surface area contributed by atoms with Crippen molar-refractivity contribution in [3.05, 3.63) is 30.1 Å². The average molecular weight is 288 g/mol. The topological polar surface area (TPSA) is 62.7 Å². The lowest BCUT2D eigenvalue weighted by molar-refractivity contribution is -0.168. The van der Waals surface area contributed by atoms with E-state index in [-0.39, 0.29) is 11.8 Å². The summed E-state index contributed by atoms with van der Waals surface area (Å²) >= 11 is 0. The molecule has 2 heterocycles. The fourth-order valence-corrected chi connectivity index (χ4v) is 2.32. The molecule has 5 nitrogen and oxygen atoms in total. The molecule has 21 heavy (non-hydrogen) atoms. The summed E-state index contributed by atoms with van der Waals surface area (Å²) < 4.78 is 5.45. The van der Waals surface area contributed by atoms with Crippen LogP contribution in [0.2, 0.25) is 0 Å². The monoisotopic (exact) mass is 288 g/mol. The Hall–Kier alpha value is -1.90. The zero-order valence-corrected chi connectivity index (χ0v) is 12.4. The van der Waals surface area contributed by atoms with Crippen molar-refractivity contribution in [2.24, 2.45) is 0 Å². The number of pyridine rings is 1. The van der Waals surface area contributed by atoms with Crippen molar-refractivity contribution in [1.29, 1.82) is 0 Å². The second-order valence-corrected chi connectivity index (χ2v) is 5.21. The smallest absolute Gasteiger partial charge is 0.357 e. The van der Waals surface area contributed by atoms with Crippen LogP contribution in [0.3, 0.4) is 0 Å². The average Bonchev–Trinajstić information content (AvgIpc) is 2.50. The fourth-order valence-electron chi connectivity index (χ4n) is 2.32. The molecule has 1 aromatic rings. The third kappa shape index (κ3) is 3.60. The van der Waals surface area contributed by atoms with Gasteiger partial charge in [0.2, 0.25) is 0 Å². The van der Waals surface area contributed by atoms with Gasteiger partial charge in [0.25, 0.3) is 5.60 Å². The fraction of sp³-hybridized carbons (Fsp3) is 0.500. The number of ether oxygens (including phenoxy) is 1. The Morgan fingerprint density at radius 3 is 2.76 bits per heavy atom. The number of carbonyl (C=O) groups excluding carboxylic acids is 1. The van der Waals surface area contributed by atoms with Gasteiger partial charge in [-0.15, -0.1) is 5.92 Å². The Morgan fingerprint density at radius 2 is 2.19 bits per heavy atom. The van der Waals surface area contributed by atoms with Crippen LogP contribution in [0.25, 0.3) is 0 Å². The van der Waals surface area contributed by atoms with E-state index >= 15 is 0 Å². The summed E-state index contributed by atoms with van der Waals surface area (Å²) in [4.78, 5) is 18.6. The van der Waals surface area contributed by atoms with Crippen LogP contribution < -0.4 is 0 Å². The molecule has 1 aliphatic rings. The third-order valence-corrected chi connectivity index (χ3v) is 3.58. The van der Waals surface area contributed by atoms with E-state index in [1.54, 1.807) is 25.1 Å². The molecular formula is C16H20N2O3. The Balaban J connectivity index is 2.14. The van der Waals surface area contributed by atoms with E-state index in [0.717, 1.165) is 25.9 Å². The van der Waals surface area contributed by atoms with E-state index in [0.29, 0.717) is 0 Å². The first-order chi connectivity index (χ1) is 10.1. The number of aliphatic hydroxyl groups is 1. The molecule has 0 amide bonds. The minimum absolute atomic E-state index is 0.178. The number of hydrogen-bond acceptors (Lipinski definition) is 5. The van der Waals surface area contributed by atoms with Crippen molar-refractivity contribution >= 4 is 5.97 Å². The van der Waals surface area contributed by atoms with Crippen LogP contribution in [0, 0.1) is 11.8 Å². The maximum atomic E-state index is 12.4. The van der Waals surface area contributed by atoms with Crippen LogP contribution in [0.5, 0.6) is 0 Å². The Kier molecular flexibility index (Phi) is 4.94. The summed E-state index contributed by atoms with van der Waals surface area (Å²) in [6, 6.07) is 4.99. The normalized spacial score (nSPS) is 19.2. The molecule has 1 aromatic heterocycles. The summed E-state index contributed by atoms with van der Waals surface area (Å²) in [6.07, 6.45) is 2.86. The molecule has 1 saturated heterocycles. The summed E-state index contributed by atoms with van der Waals surface area (Å²) in [6.45, 7) is 3.32. The summed E-state index contributed by atoms with van der Waals surface area (Å²) in [7, 11) is 2.03. The standard InChI is InChI=1S/C16H20N2O3/c1-3-9-16(20,14-6-4-5-10-17-14)15(19)21-13-7-11-18(2)12-8-13/h4-6,10,13,20H,7-8,11-12H2,1-2H3/t16-/m1/s1. The van der Waals surface area contributed by atoms with Crippen molar-refractivity contribution < 1.29 is 14.6 Å². The van der Waals surface area contributed by atoms with Gasteiger partial charge >= 0.3 is 5.97 Å². The molecule has 1 fully saturated rings. The molecular weight excluding hydrogens is 268 g/mol. The summed E-state index contributed by atoms with van der Waals surface area (Å²) in [5.74, 6) is 4.37. The van der Waals surface area contributed by atoms with Crippen molar-refractivity contribution in [2.45, 2.75) is 31.5 Å². The maximum absolute atomic E-state index is 12.4. The lowest BCUT2D eigenvalue weighted by atomic mass is 9.99. The third-order valence-electron chi connectivity index (χ3n) is 3.58. The number of carbonyl (C=O) groups is 1. The molecule has 0 radical (unpaired) electrons. The van der Waals surface area contributed by atoms with E-state index in [1.165, 1.54) is 6.20 Å². The number of rotatable bonds is 3. The van der Waals surface area contributed by atoms with Crippen LogP contribution in [0.4, 0.5) is 0 Å². The first-order valence-corrected chi connectivity index (χ1v) is 7.03. The number of piperidine rings is 1. The van der Waals surface area contributed by atoms with E-state index in [9.17, 15) is 9.90 Å². The largest absolute Gasteiger partial charge is 0.459 e. The van der Waals surface area contributed by atoms with Crippen molar-refractivity contribution in [2.75, 3.05) is 20.1 Å². The molecule has 5 heteroatoms. The molecule has 1 aliphatic heterocycles. The molecule has 0 saturated carbocycles. The van der Waals surface area contributed by atoms with Crippen LogP contribution >= 0.6 is 0 Å². The quantitative estimate of drug-likeness (QED) is 0.662. The highest BCUT2D eigenvalue weighted by atomic mass is 16.6. The summed E-state index contributed by atoms with van der Waals surface area (Å²) in [5.41, 5.74) is -1.81. The van der Waals surface area contributed by atoms with Crippen LogP contribution in [-0.4, -0.2) is 47.2 Å². The van der Waals surface area contributed by atoms with Gasteiger partial charge in [-0.2, -0.15) is 0 Å². The predicted octanol–water partition coefficient (Wildman–Crippen LogP) is 0.930. The lowest BCUT2D eigenvalue weighted by Crippen LogP contribution is -2.42. The van der Waals surface area contributed by atoms with Gasteiger partial charge in [0.1, 0.15) is 6.10 Å². The molecule has 0 bridgehead atoms.